The minimum absolute atomic E-state index is 0.0337. The first-order chi connectivity index (χ1) is 9.20. The Bertz CT molecular complexity index is 577. The second-order valence-electron chi connectivity index (χ2n) is 5.09. The van der Waals surface area contributed by atoms with Crippen LogP contribution in [0.1, 0.15) is 31.6 Å². The highest BCUT2D eigenvalue weighted by Crippen LogP contribution is 2.40. The van der Waals surface area contributed by atoms with E-state index in [1.807, 2.05) is 19.1 Å². The van der Waals surface area contributed by atoms with Crippen LogP contribution in [0.3, 0.4) is 0 Å². The summed E-state index contributed by atoms with van der Waals surface area (Å²) in [6.45, 7) is 2.59. The molecule has 1 aromatic heterocycles. The smallest absolute Gasteiger partial charge is 0.169 e. The molecule has 0 spiro atoms. The molecule has 1 aromatic carbocycles. The Balaban J connectivity index is 1.91. The van der Waals surface area contributed by atoms with Crippen LogP contribution in [0, 0.1) is 11.7 Å². The summed E-state index contributed by atoms with van der Waals surface area (Å²) in [5.74, 6) is 0.758. The first-order valence-electron chi connectivity index (χ1n) is 6.76. The fraction of sp³-hybridized carbons (Fsp3) is 0.467. The van der Waals surface area contributed by atoms with E-state index in [-0.39, 0.29) is 23.5 Å². The zero-order valence-electron chi connectivity index (χ0n) is 10.9. The number of halogens is 1. The number of nitrogens with two attached hydrogens (primary N) is 1. The highest BCUT2D eigenvalue weighted by atomic mass is 19.1. The second-order valence-corrected chi connectivity index (χ2v) is 5.09. The maximum atomic E-state index is 13.6. The van der Waals surface area contributed by atoms with Gasteiger partial charge < -0.3 is 14.9 Å². The molecule has 0 aliphatic heterocycles. The third kappa shape index (κ3) is 2.38. The van der Waals surface area contributed by atoms with Crippen LogP contribution in [0.25, 0.3) is 11.0 Å². The minimum atomic E-state index is -0.352. The van der Waals surface area contributed by atoms with Gasteiger partial charge in [0.1, 0.15) is 5.76 Å². The molecular formula is C15H18FNO2. The second kappa shape index (κ2) is 4.94. The minimum Gasteiger partial charge on any atom is -0.456 e. The van der Waals surface area contributed by atoms with E-state index in [0.29, 0.717) is 18.3 Å². The summed E-state index contributed by atoms with van der Waals surface area (Å²) >= 11 is 0. The SMILES string of the molecule is CCOC(C1CC1)C(N)c1cc2cccc(F)c2o1. The van der Waals surface area contributed by atoms with Crippen molar-refractivity contribution in [3.8, 4) is 0 Å². The lowest BCUT2D eigenvalue weighted by Gasteiger charge is -2.21. The molecule has 19 heavy (non-hydrogen) atoms. The summed E-state index contributed by atoms with van der Waals surface area (Å²) in [5, 5.41) is 0.747. The Morgan fingerprint density at radius 2 is 2.26 bits per heavy atom. The van der Waals surface area contributed by atoms with Gasteiger partial charge in [-0.3, -0.25) is 0 Å². The molecule has 1 heterocycles. The van der Waals surface area contributed by atoms with Crippen molar-refractivity contribution in [2.24, 2.45) is 11.7 Å². The third-order valence-corrected chi connectivity index (χ3v) is 3.64. The van der Waals surface area contributed by atoms with Gasteiger partial charge in [0.05, 0.1) is 12.1 Å². The molecule has 2 atom stereocenters. The molecule has 0 radical (unpaired) electrons. The molecule has 1 saturated carbocycles. The number of ether oxygens (including phenoxy) is 1. The maximum absolute atomic E-state index is 13.6. The summed E-state index contributed by atoms with van der Waals surface area (Å²) in [5.41, 5.74) is 6.52. The fourth-order valence-corrected chi connectivity index (χ4v) is 2.52. The van der Waals surface area contributed by atoms with Gasteiger partial charge in [-0.25, -0.2) is 4.39 Å². The summed E-state index contributed by atoms with van der Waals surface area (Å²) in [6, 6.07) is 6.37. The van der Waals surface area contributed by atoms with E-state index in [9.17, 15) is 4.39 Å². The number of fused-ring (bicyclic) bond motifs is 1. The van der Waals surface area contributed by atoms with Gasteiger partial charge in [0.15, 0.2) is 11.4 Å². The van der Waals surface area contributed by atoms with Crippen LogP contribution in [0.2, 0.25) is 0 Å². The number of rotatable bonds is 5. The van der Waals surface area contributed by atoms with Gasteiger partial charge >= 0.3 is 0 Å². The first kappa shape index (κ1) is 12.6. The van der Waals surface area contributed by atoms with Crippen molar-refractivity contribution in [3.63, 3.8) is 0 Å². The molecule has 0 saturated heterocycles. The van der Waals surface area contributed by atoms with Crippen molar-refractivity contribution in [2.45, 2.75) is 31.9 Å². The largest absolute Gasteiger partial charge is 0.456 e. The molecule has 0 bridgehead atoms. The average molecular weight is 263 g/mol. The van der Waals surface area contributed by atoms with E-state index in [0.717, 1.165) is 18.2 Å². The predicted octanol–water partition coefficient (Wildman–Crippen LogP) is 3.39. The maximum Gasteiger partial charge on any atom is 0.169 e. The van der Waals surface area contributed by atoms with E-state index in [4.69, 9.17) is 14.9 Å². The Morgan fingerprint density at radius 1 is 1.47 bits per heavy atom. The third-order valence-electron chi connectivity index (χ3n) is 3.64. The van der Waals surface area contributed by atoms with Crippen molar-refractivity contribution in [1.29, 1.82) is 0 Å². The molecule has 2 unspecified atom stereocenters. The summed E-state index contributed by atoms with van der Waals surface area (Å²) in [7, 11) is 0. The van der Waals surface area contributed by atoms with Crippen LogP contribution in [0.5, 0.6) is 0 Å². The van der Waals surface area contributed by atoms with E-state index in [2.05, 4.69) is 0 Å². The zero-order chi connectivity index (χ0) is 13.4. The van der Waals surface area contributed by atoms with Gasteiger partial charge in [0.2, 0.25) is 0 Å². The van der Waals surface area contributed by atoms with Crippen LogP contribution in [0.15, 0.2) is 28.7 Å². The molecule has 3 nitrogen and oxygen atoms in total. The molecule has 3 rings (SSSR count). The summed E-state index contributed by atoms with van der Waals surface area (Å²) < 4.78 is 24.9. The number of hydrogen-bond donors (Lipinski definition) is 1. The van der Waals surface area contributed by atoms with E-state index >= 15 is 0 Å². The molecule has 2 N–H and O–H groups in total. The molecule has 102 valence electrons. The van der Waals surface area contributed by atoms with Gasteiger partial charge in [-0.1, -0.05) is 12.1 Å². The van der Waals surface area contributed by atoms with Crippen molar-refractivity contribution in [1.82, 2.24) is 0 Å². The number of benzene rings is 1. The first-order valence-corrected chi connectivity index (χ1v) is 6.76. The molecule has 1 fully saturated rings. The van der Waals surface area contributed by atoms with Crippen LogP contribution < -0.4 is 5.73 Å². The summed E-state index contributed by atoms with van der Waals surface area (Å²) in [6.07, 6.45) is 2.26. The predicted molar refractivity (Wildman–Crippen MR) is 71.2 cm³/mol. The van der Waals surface area contributed by atoms with Gasteiger partial charge in [-0.2, -0.15) is 0 Å². The highest BCUT2D eigenvalue weighted by Gasteiger charge is 2.37. The van der Waals surface area contributed by atoms with Gasteiger partial charge in [0, 0.05) is 12.0 Å². The Labute approximate surface area is 111 Å². The van der Waals surface area contributed by atoms with Crippen molar-refractivity contribution < 1.29 is 13.5 Å². The molecule has 1 aliphatic rings. The molecule has 0 amide bonds. The van der Waals surface area contributed by atoms with Gasteiger partial charge in [0.25, 0.3) is 0 Å². The van der Waals surface area contributed by atoms with Crippen LogP contribution >= 0.6 is 0 Å². The molecule has 4 heteroatoms. The van der Waals surface area contributed by atoms with Crippen LogP contribution in [-0.4, -0.2) is 12.7 Å². The lowest BCUT2D eigenvalue weighted by atomic mass is 10.0. The fourth-order valence-electron chi connectivity index (χ4n) is 2.52. The number of furan rings is 1. The van der Waals surface area contributed by atoms with Crippen LogP contribution in [0.4, 0.5) is 4.39 Å². The summed E-state index contributed by atoms with van der Waals surface area (Å²) in [4.78, 5) is 0. The Hall–Kier alpha value is -1.39. The average Bonchev–Trinajstić information content (AvgIpc) is 3.14. The Kier molecular flexibility index (Phi) is 3.29. The van der Waals surface area contributed by atoms with E-state index in [1.165, 1.54) is 6.07 Å². The van der Waals surface area contributed by atoms with Crippen molar-refractivity contribution >= 4 is 11.0 Å². The monoisotopic (exact) mass is 263 g/mol. The van der Waals surface area contributed by atoms with Crippen molar-refractivity contribution in [2.75, 3.05) is 6.61 Å². The van der Waals surface area contributed by atoms with E-state index < -0.39 is 0 Å². The number of para-hydroxylation sites is 1. The van der Waals surface area contributed by atoms with Gasteiger partial charge in [-0.15, -0.1) is 0 Å². The van der Waals surface area contributed by atoms with E-state index in [1.54, 1.807) is 6.07 Å². The standard InChI is InChI=1S/C15H18FNO2/c1-2-18-15(9-6-7-9)13(17)12-8-10-4-3-5-11(16)14(10)19-12/h3-5,8-9,13,15H,2,6-7,17H2,1H3. The lowest BCUT2D eigenvalue weighted by molar-refractivity contribution is 0.0238. The van der Waals surface area contributed by atoms with Crippen LogP contribution in [-0.2, 0) is 4.74 Å². The molecular weight excluding hydrogens is 245 g/mol. The van der Waals surface area contributed by atoms with Crippen molar-refractivity contribution in [3.05, 3.63) is 35.8 Å². The Morgan fingerprint density at radius 3 is 2.89 bits per heavy atom. The quantitative estimate of drug-likeness (QED) is 0.899. The molecule has 1 aliphatic carbocycles. The van der Waals surface area contributed by atoms with Gasteiger partial charge in [-0.05, 0) is 37.8 Å². The normalized spacial score (nSPS) is 18.7. The number of hydrogen-bond acceptors (Lipinski definition) is 3. The highest BCUT2D eigenvalue weighted by molar-refractivity contribution is 5.78. The lowest BCUT2D eigenvalue weighted by Crippen LogP contribution is -2.30. The molecule has 2 aromatic rings. The topological polar surface area (TPSA) is 48.4 Å². The zero-order valence-corrected chi connectivity index (χ0v) is 10.9.